The van der Waals surface area contributed by atoms with E-state index in [9.17, 15) is 4.79 Å². The summed E-state index contributed by atoms with van der Waals surface area (Å²) in [6, 6.07) is 11.3. The number of benzene rings is 1. The smallest absolute Gasteiger partial charge is 0.257 e. The van der Waals surface area contributed by atoms with Gasteiger partial charge in [0.1, 0.15) is 5.82 Å². The van der Waals surface area contributed by atoms with Gasteiger partial charge in [0.2, 0.25) is 0 Å². The number of aryl methyl sites for hydroxylation is 1. The van der Waals surface area contributed by atoms with Crippen LogP contribution in [0.3, 0.4) is 0 Å². The maximum Gasteiger partial charge on any atom is 0.257 e. The van der Waals surface area contributed by atoms with Gasteiger partial charge in [0, 0.05) is 55.9 Å². The maximum atomic E-state index is 12.9. The molecule has 1 amide bonds. The molecule has 9 nitrogen and oxygen atoms in total. The van der Waals surface area contributed by atoms with Crippen LogP contribution in [0.2, 0.25) is 0 Å². The zero-order valence-electron chi connectivity index (χ0n) is 18.1. The number of hydrogen-bond donors (Lipinski definition) is 1. The van der Waals surface area contributed by atoms with E-state index >= 15 is 0 Å². The molecule has 0 saturated carbocycles. The van der Waals surface area contributed by atoms with Crippen LogP contribution in [-0.2, 0) is 7.05 Å². The van der Waals surface area contributed by atoms with Gasteiger partial charge in [0.05, 0.1) is 23.7 Å². The number of hydrogen-bond acceptors (Lipinski definition) is 7. The van der Waals surface area contributed by atoms with Crippen LogP contribution in [-0.4, -0.2) is 68.8 Å². The highest BCUT2D eigenvalue weighted by Gasteiger charge is 2.17. The van der Waals surface area contributed by atoms with Gasteiger partial charge in [-0.2, -0.15) is 0 Å². The Bertz CT molecular complexity index is 1280. The number of pyridine rings is 1. The molecule has 4 aromatic rings. The number of imidazole rings is 1. The van der Waals surface area contributed by atoms with Gasteiger partial charge >= 0.3 is 0 Å². The summed E-state index contributed by atoms with van der Waals surface area (Å²) in [4.78, 5) is 26.0. The first-order chi connectivity index (χ1) is 15.6. The van der Waals surface area contributed by atoms with E-state index < -0.39 is 0 Å². The molecule has 1 N–H and O–H groups in total. The zero-order valence-corrected chi connectivity index (χ0v) is 18.1. The third-order valence-corrected chi connectivity index (χ3v) is 5.77. The summed E-state index contributed by atoms with van der Waals surface area (Å²) >= 11 is 0. The Kier molecular flexibility index (Phi) is 5.24. The Morgan fingerprint density at radius 1 is 1.00 bits per heavy atom. The number of aromatic nitrogens is 5. The molecule has 1 aliphatic rings. The number of nitrogens with zero attached hydrogens (tertiary/aromatic N) is 7. The van der Waals surface area contributed by atoms with E-state index in [0.717, 1.165) is 54.2 Å². The fourth-order valence-corrected chi connectivity index (χ4v) is 3.86. The van der Waals surface area contributed by atoms with Gasteiger partial charge in [-0.1, -0.05) is 6.07 Å². The highest BCUT2D eigenvalue weighted by molar-refractivity contribution is 6.04. The number of piperazine rings is 1. The minimum absolute atomic E-state index is 0.237. The molecule has 0 bridgehead atoms. The van der Waals surface area contributed by atoms with Crippen molar-refractivity contribution in [3.05, 3.63) is 60.7 Å². The number of nitrogens with one attached hydrogen (secondary N) is 1. The van der Waals surface area contributed by atoms with Crippen molar-refractivity contribution >= 4 is 28.4 Å². The first kappa shape index (κ1) is 20.1. The molecule has 32 heavy (non-hydrogen) atoms. The number of fused-ring (bicyclic) bond motifs is 1. The van der Waals surface area contributed by atoms with Crippen molar-refractivity contribution in [2.24, 2.45) is 7.05 Å². The van der Waals surface area contributed by atoms with Crippen LogP contribution in [0.1, 0.15) is 10.4 Å². The molecule has 4 heterocycles. The van der Waals surface area contributed by atoms with Crippen LogP contribution in [0.4, 0.5) is 11.6 Å². The van der Waals surface area contributed by atoms with Gasteiger partial charge in [-0.3, -0.25) is 4.79 Å². The maximum absolute atomic E-state index is 12.9. The molecule has 162 valence electrons. The molecule has 1 saturated heterocycles. The summed E-state index contributed by atoms with van der Waals surface area (Å²) in [6.45, 7) is 3.74. The van der Waals surface area contributed by atoms with E-state index in [1.54, 1.807) is 18.6 Å². The molecule has 1 fully saturated rings. The van der Waals surface area contributed by atoms with Crippen molar-refractivity contribution in [2.45, 2.75) is 0 Å². The predicted molar refractivity (Wildman–Crippen MR) is 124 cm³/mol. The summed E-state index contributed by atoms with van der Waals surface area (Å²) in [5, 5.41) is 12.2. The summed E-state index contributed by atoms with van der Waals surface area (Å²) < 4.78 is 1.96. The highest BCUT2D eigenvalue weighted by atomic mass is 16.1. The number of likely N-dealkylation sites (N-methyl/N-ethyl adjacent to an activating group) is 1. The van der Waals surface area contributed by atoms with Crippen LogP contribution in [0.5, 0.6) is 0 Å². The zero-order chi connectivity index (χ0) is 22.1. The molecule has 1 aromatic carbocycles. The molecule has 0 spiro atoms. The normalized spacial score (nSPS) is 14.6. The van der Waals surface area contributed by atoms with Crippen LogP contribution in [0, 0.1) is 0 Å². The van der Waals surface area contributed by atoms with E-state index in [2.05, 4.69) is 42.3 Å². The molecule has 5 rings (SSSR count). The molecule has 9 heteroatoms. The van der Waals surface area contributed by atoms with Gasteiger partial charge < -0.3 is 19.7 Å². The lowest BCUT2D eigenvalue weighted by molar-refractivity contribution is 0.102. The largest absolute Gasteiger partial charge is 0.354 e. The van der Waals surface area contributed by atoms with E-state index in [1.807, 2.05) is 48.1 Å². The van der Waals surface area contributed by atoms with Crippen LogP contribution in [0.25, 0.3) is 22.2 Å². The summed E-state index contributed by atoms with van der Waals surface area (Å²) in [5.41, 5.74) is 3.32. The van der Waals surface area contributed by atoms with Crippen LogP contribution >= 0.6 is 0 Å². The number of carbonyl (C=O) groups excluding carboxylic acids is 1. The molecule has 0 unspecified atom stereocenters. The fraction of sp³-hybridized carbons (Fsp3) is 0.261. The van der Waals surface area contributed by atoms with Gasteiger partial charge in [-0.15, -0.1) is 10.2 Å². The Labute approximate surface area is 185 Å². The second-order valence-corrected chi connectivity index (χ2v) is 8.04. The number of carbonyl (C=O) groups is 1. The standard InChI is InChI=1S/C23H24N8O/c1-29-7-9-31(10-8-29)22-13-17(5-6-25-22)23(32)26-21-12-18-11-16(3-4-19(18)27-28-21)20-14-24-15-30(20)2/h3-6,11-15H,7-10H2,1-2H3,(H,26,28,32). The molecule has 3 aromatic heterocycles. The lowest BCUT2D eigenvalue weighted by Crippen LogP contribution is -2.44. The minimum Gasteiger partial charge on any atom is -0.354 e. The second-order valence-electron chi connectivity index (χ2n) is 8.04. The van der Waals surface area contributed by atoms with E-state index in [1.165, 1.54) is 0 Å². The van der Waals surface area contributed by atoms with Crippen LogP contribution < -0.4 is 10.2 Å². The SMILES string of the molecule is CN1CCN(c2cc(C(=O)Nc3cc4cc(-c5cncn5C)ccc4nn3)ccn2)CC1. The quantitative estimate of drug-likeness (QED) is 0.534. The Hall–Kier alpha value is -3.85. The first-order valence-electron chi connectivity index (χ1n) is 10.5. The van der Waals surface area contributed by atoms with Gasteiger partial charge in [-0.05, 0) is 37.4 Å². The van der Waals surface area contributed by atoms with Crippen LogP contribution in [0.15, 0.2) is 55.1 Å². The third-order valence-electron chi connectivity index (χ3n) is 5.77. The Balaban J connectivity index is 1.36. The number of anilines is 2. The molecule has 0 atom stereocenters. The average molecular weight is 429 g/mol. The monoisotopic (exact) mass is 428 g/mol. The van der Waals surface area contributed by atoms with Crippen molar-refractivity contribution in [3.8, 4) is 11.3 Å². The van der Waals surface area contributed by atoms with Crippen molar-refractivity contribution in [1.82, 2.24) is 29.6 Å². The van der Waals surface area contributed by atoms with Crippen molar-refractivity contribution in [2.75, 3.05) is 43.4 Å². The Morgan fingerprint density at radius 2 is 1.84 bits per heavy atom. The molecule has 0 radical (unpaired) electrons. The molecular formula is C23H24N8O. The topological polar surface area (TPSA) is 92.1 Å². The fourth-order valence-electron chi connectivity index (χ4n) is 3.86. The second kappa shape index (κ2) is 8.35. The average Bonchev–Trinajstić information content (AvgIpc) is 3.25. The molecular weight excluding hydrogens is 404 g/mol. The van der Waals surface area contributed by atoms with Crippen molar-refractivity contribution < 1.29 is 4.79 Å². The van der Waals surface area contributed by atoms with E-state index in [-0.39, 0.29) is 5.91 Å². The Morgan fingerprint density at radius 3 is 2.62 bits per heavy atom. The number of amides is 1. The van der Waals surface area contributed by atoms with Crippen molar-refractivity contribution in [3.63, 3.8) is 0 Å². The van der Waals surface area contributed by atoms with Gasteiger partial charge in [0.15, 0.2) is 5.82 Å². The van der Waals surface area contributed by atoms with Gasteiger partial charge in [-0.25, -0.2) is 9.97 Å². The minimum atomic E-state index is -0.237. The number of rotatable bonds is 4. The predicted octanol–water partition coefficient (Wildman–Crippen LogP) is 2.43. The lowest BCUT2D eigenvalue weighted by Gasteiger charge is -2.33. The molecule has 1 aliphatic heterocycles. The van der Waals surface area contributed by atoms with E-state index in [4.69, 9.17) is 0 Å². The molecule has 0 aliphatic carbocycles. The third kappa shape index (κ3) is 4.02. The highest BCUT2D eigenvalue weighted by Crippen LogP contribution is 2.24. The summed E-state index contributed by atoms with van der Waals surface area (Å²) in [5.74, 6) is 0.984. The summed E-state index contributed by atoms with van der Waals surface area (Å²) in [6.07, 6.45) is 5.26. The van der Waals surface area contributed by atoms with Gasteiger partial charge in [0.25, 0.3) is 5.91 Å². The first-order valence-corrected chi connectivity index (χ1v) is 10.5. The van der Waals surface area contributed by atoms with E-state index in [0.29, 0.717) is 11.4 Å². The lowest BCUT2D eigenvalue weighted by atomic mass is 10.1. The van der Waals surface area contributed by atoms with Crippen molar-refractivity contribution in [1.29, 1.82) is 0 Å². The summed E-state index contributed by atoms with van der Waals surface area (Å²) in [7, 11) is 4.06.